The van der Waals surface area contributed by atoms with Crippen molar-refractivity contribution in [2.75, 3.05) is 13.2 Å². The van der Waals surface area contributed by atoms with Crippen LogP contribution in [0.1, 0.15) is 271 Å². The maximum absolute atomic E-state index is 12.8. The molecule has 0 saturated carbocycles. The molecule has 66 heavy (non-hydrogen) atoms. The fourth-order valence-corrected chi connectivity index (χ4v) is 7.80. The van der Waals surface area contributed by atoms with E-state index in [0.29, 0.717) is 19.3 Å². The van der Waals surface area contributed by atoms with E-state index in [-0.39, 0.29) is 31.1 Å². The van der Waals surface area contributed by atoms with Crippen LogP contribution < -0.4 is 0 Å². The summed E-state index contributed by atoms with van der Waals surface area (Å²) in [5.74, 6) is -0.881. The van der Waals surface area contributed by atoms with Crippen molar-refractivity contribution in [2.45, 2.75) is 277 Å². The Balaban J connectivity index is 4.19. The molecule has 0 rings (SSSR count). The van der Waals surface area contributed by atoms with Gasteiger partial charge in [-0.2, -0.15) is 0 Å². The number of carbonyl (C=O) groups excluding carboxylic acids is 3. The van der Waals surface area contributed by atoms with Crippen molar-refractivity contribution in [3.8, 4) is 0 Å². The Hall–Kier alpha value is -3.15. The van der Waals surface area contributed by atoms with Gasteiger partial charge in [-0.1, -0.05) is 254 Å². The molecule has 0 amide bonds. The van der Waals surface area contributed by atoms with Crippen LogP contribution in [0.3, 0.4) is 0 Å². The van der Waals surface area contributed by atoms with E-state index < -0.39 is 6.10 Å². The third-order valence-corrected chi connectivity index (χ3v) is 12.0. The van der Waals surface area contributed by atoms with Gasteiger partial charge in [-0.05, 0) is 70.6 Å². The number of rotatable bonds is 50. The summed E-state index contributed by atoms with van der Waals surface area (Å²) in [5, 5.41) is 0. The molecule has 0 fully saturated rings. The van der Waals surface area contributed by atoms with Crippen molar-refractivity contribution in [1.29, 1.82) is 0 Å². The minimum absolute atomic E-state index is 0.0745. The first-order valence-electron chi connectivity index (χ1n) is 27.9. The van der Waals surface area contributed by atoms with E-state index in [2.05, 4.69) is 93.7 Å². The van der Waals surface area contributed by atoms with E-state index in [1.165, 1.54) is 128 Å². The van der Waals surface area contributed by atoms with Crippen molar-refractivity contribution >= 4 is 17.9 Å². The van der Waals surface area contributed by atoms with Crippen molar-refractivity contribution < 1.29 is 28.6 Å². The van der Waals surface area contributed by atoms with E-state index in [1.54, 1.807) is 0 Å². The van der Waals surface area contributed by atoms with Crippen LogP contribution in [-0.4, -0.2) is 37.2 Å². The predicted molar refractivity (Wildman–Crippen MR) is 284 cm³/mol. The second-order valence-corrected chi connectivity index (χ2v) is 18.5. The lowest BCUT2D eigenvalue weighted by molar-refractivity contribution is -0.167. The van der Waals surface area contributed by atoms with Crippen molar-refractivity contribution in [1.82, 2.24) is 0 Å². The summed E-state index contributed by atoms with van der Waals surface area (Å²) in [5.41, 5.74) is 0. The van der Waals surface area contributed by atoms with Crippen LogP contribution in [0.15, 0.2) is 72.9 Å². The highest BCUT2D eigenvalue weighted by Crippen LogP contribution is 2.15. The summed E-state index contributed by atoms with van der Waals surface area (Å²) in [7, 11) is 0. The lowest BCUT2D eigenvalue weighted by Crippen LogP contribution is -2.30. The third-order valence-electron chi connectivity index (χ3n) is 12.0. The molecule has 0 aliphatic carbocycles. The first-order chi connectivity index (χ1) is 32.5. The molecule has 0 radical (unpaired) electrons. The first-order valence-corrected chi connectivity index (χ1v) is 27.9. The Morgan fingerprint density at radius 1 is 0.318 bits per heavy atom. The summed E-state index contributed by atoms with van der Waals surface area (Å²) >= 11 is 0. The van der Waals surface area contributed by atoms with Gasteiger partial charge in [0.25, 0.3) is 0 Å². The molecule has 0 aliphatic rings. The third kappa shape index (κ3) is 51.8. The summed E-state index contributed by atoms with van der Waals surface area (Å²) in [6, 6.07) is 0. The molecule has 0 aromatic rings. The highest BCUT2D eigenvalue weighted by atomic mass is 16.6. The molecule has 1 unspecified atom stereocenters. The fraction of sp³-hybridized carbons (Fsp3) is 0.750. The molecule has 0 aromatic heterocycles. The molecule has 0 saturated heterocycles. The van der Waals surface area contributed by atoms with Gasteiger partial charge >= 0.3 is 17.9 Å². The maximum Gasteiger partial charge on any atom is 0.306 e. The number of allylic oxidation sites excluding steroid dienone is 12. The number of hydrogen-bond donors (Lipinski definition) is 0. The quantitative estimate of drug-likeness (QED) is 0.0262. The van der Waals surface area contributed by atoms with E-state index in [4.69, 9.17) is 14.2 Å². The summed E-state index contributed by atoms with van der Waals surface area (Å²) < 4.78 is 16.8. The van der Waals surface area contributed by atoms with E-state index in [9.17, 15) is 14.4 Å². The zero-order chi connectivity index (χ0) is 47.9. The van der Waals surface area contributed by atoms with E-state index >= 15 is 0 Å². The highest BCUT2D eigenvalue weighted by molar-refractivity contribution is 5.71. The van der Waals surface area contributed by atoms with Crippen LogP contribution in [-0.2, 0) is 28.6 Å². The van der Waals surface area contributed by atoms with Gasteiger partial charge in [0.2, 0.25) is 0 Å². The Kier molecular flexibility index (Phi) is 51.9. The lowest BCUT2D eigenvalue weighted by Gasteiger charge is -2.18. The molecule has 1 atom stereocenters. The topological polar surface area (TPSA) is 78.9 Å². The minimum atomic E-state index is -0.773. The van der Waals surface area contributed by atoms with Gasteiger partial charge in [-0.25, -0.2) is 0 Å². The number of ether oxygens (including phenoxy) is 3. The van der Waals surface area contributed by atoms with E-state index in [0.717, 1.165) is 103 Å². The molecule has 0 aromatic carbocycles. The minimum Gasteiger partial charge on any atom is -0.462 e. The SMILES string of the molecule is CC/C=C\C/C=C\C/C=C\C/C=C\C/C=C\C/C=C\CCCCCCCCCCC(=O)OCC(COC(=O)CCCCCCCCCC)OC(=O)CCCCCCCCCCCCCCC. The van der Waals surface area contributed by atoms with Gasteiger partial charge in [0, 0.05) is 19.3 Å². The largest absolute Gasteiger partial charge is 0.462 e. The standard InChI is InChI=1S/C60H104O6/c1-4-7-10-13-16-19-21-23-24-25-26-27-28-29-30-31-32-33-34-35-36-38-39-41-44-47-50-53-59(62)65-56-57(55-64-58(61)52-49-46-43-18-15-12-9-6-3)66-60(63)54-51-48-45-42-40-37-22-20-17-14-11-8-5-2/h7,10,16,19,23-24,26-27,29-30,32-33,57H,4-6,8-9,11-15,17-18,20-22,25,28,31,34-56H2,1-3H3/b10-7-,19-16-,24-23-,27-26-,30-29-,33-32-. The van der Waals surface area contributed by atoms with E-state index in [1.807, 2.05) is 0 Å². The Labute approximate surface area is 408 Å². The van der Waals surface area contributed by atoms with Crippen molar-refractivity contribution in [2.24, 2.45) is 0 Å². The first kappa shape index (κ1) is 62.8. The van der Waals surface area contributed by atoms with Crippen molar-refractivity contribution in [3.05, 3.63) is 72.9 Å². The zero-order valence-corrected chi connectivity index (χ0v) is 43.4. The fourth-order valence-electron chi connectivity index (χ4n) is 7.80. The van der Waals surface area contributed by atoms with Gasteiger partial charge in [0.15, 0.2) is 6.10 Å². The van der Waals surface area contributed by atoms with Gasteiger partial charge in [-0.3, -0.25) is 14.4 Å². The summed E-state index contributed by atoms with van der Waals surface area (Å²) in [4.78, 5) is 37.9. The molecule has 0 bridgehead atoms. The van der Waals surface area contributed by atoms with Gasteiger partial charge in [0.05, 0.1) is 0 Å². The summed E-state index contributed by atoms with van der Waals surface area (Å²) in [6.45, 7) is 6.50. The summed E-state index contributed by atoms with van der Waals surface area (Å²) in [6.07, 6.45) is 69.0. The van der Waals surface area contributed by atoms with Crippen LogP contribution in [0.4, 0.5) is 0 Å². The molecule has 0 N–H and O–H groups in total. The molecule has 6 nitrogen and oxygen atoms in total. The molecule has 0 heterocycles. The van der Waals surface area contributed by atoms with Crippen LogP contribution in [0.2, 0.25) is 0 Å². The van der Waals surface area contributed by atoms with Gasteiger partial charge in [0.1, 0.15) is 13.2 Å². The number of unbranched alkanes of at least 4 members (excludes halogenated alkanes) is 27. The Morgan fingerprint density at radius 2 is 0.591 bits per heavy atom. The van der Waals surface area contributed by atoms with Crippen LogP contribution >= 0.6 is 0 Å². The molecule has 0 spiro atoms. The average molecular weight is 921 g/mol. The van der Waals surface area contributed by atoms with Crippen LogP contribution in [0.25, 0.3) is 0 Å². The molecular formula is C60H104O6. The van der Waals surface area contributed by atoms with Crippen LogP contribution in [0.5, 0.6) is 0 Å². The molecule has 6 heteroatoms. The Morgan fingerprint density at radius 3 is 0.924 bits per heavy atom. The average Bonchev–Trinajstić information content (AvgIpc) is 3.31. The molecular weight excluding hydrogens is 817 g/mol. The smallest absolute Gasteiger partial charge is 0.306 e. The Bertz CT molecular complexity index is 1240. The monoisotopic (exact) mass is 921 g/mol. The second kappa shape index (κ2) is 54.5. The molecule has 0 aliphatic heterocycles. The predicted octanol–water partition coefficient (Wildman–Crippen LogP) is 18.6. The zero-order valence-electron chi connectivity index (χ0n) is 43.4. The number of carbonyl (C=O) groups is 3. The molecule has 380 valence electrons. The van der Waals surface area contributed by atoms with Gasteiger partial charge in [-0.15, -0.1) is 0 Å². The maximum atomic E-state index is 12.8. The normalized spacial score (nSPS) is 12.6. The van der Waals surface area contributed by atoms with Crippen LogP contribution in [0, 0.1) is 0 Å². The second-order valence-electron chi connectivity index (χ2n) is 18.5. The van der Waals surface area contributed by atoms with Gasteiger partial charge < -0.3 is 14.2 Å². The highest BCUT2D eigenvalue weighted by Gasteiger charge is 2.19. The van der Waals surface area contributed by atoms with Crippen molar-refractivity contribution in [3.63, 3.8) is 0 Å². The number of hydrogen-bond acceptors (Lipinski definition) is 6. The lowest BCUT2D eigenvalue weighted by atomic mass is 10.0. The number of esters is 3.